The van der Waals surface area contributed by atoms with Crippen LogP contribution in [0.2, 0.25) is 5.02 Å². The van der Waals surface area contributed by atoms with Crippen LogP contribution in [-0.2, 0) is 4.79 Å². The highest BCUT2D eigenvalue weighted by Crippen LogP contribution is 2.28. The molecule has 3 aromatic carbocycles. The molecule has 4 rings (SSSR count). The van der Waals surface area contributed by atoms with Gasteiger partial charge in [0.15, 0.2) is 11.0 Å². The largest absolute Gasteiger partial charge is 0.272 e. The Balaban J connectivity index is 1.47. The van der Waals surface area contributed by atoms with Gasteiger partial charge in [-0.3, -0.25) is 9.36 Å². The summed E-state index contributed by atoms with van der Waals surface area (Å²) in [5, 5.41) is 14.3. The molecule has 0 unspecified atom stereocenters. The van der Waals surface area contributed by atoms with E-state index in [1.54, 1.807) is 18.2 Å². The van der Waals surface area contributed by atoms with Gasteiger partial charge in [-0.25, -0.2) is 5.43 Å². The van der Waals surface area contributed by atoms with E-state index in [9.17, 15) is 4.79 Å². The van der Waals surface area contributed by atoms with Crippen molar-refractivity contribution in [1.29, 1.82) is 0 Å². The highest BCUT2D eigenvalue weighted by atomic mass is 35.5. The number of rotatable bonds is 8. The summed E-state index contributed by atoms with van der Waals surface area (Å²) < 4.78 is 1.90. The molecule has 1 aromatic heterocycles. The van der Waals surface area contributed by atoms with Gasteiger partial charge in [0.1, 0.15) is 0 Å². The molecule has 0 radical (unpaired) electrons. The first-order valence-corrected chi connectivity index (χ1v) is 12.4. The fourth-order valence-corrected chi connectivity index (χ4v) is 4.20. The maximum atomic E-state index is 12.4. The van der Waals surface area contributed by atoms with E-state index >= 15 is 0 Å². The highest BCUT2D eigenvalue weighted by molar-refractivity contribution is 7.99. The number of halogens is 2. The fraction of sp³-hybridized carbons (Fsp3) is 0.0769. The predicted molar refractivity (Wildman–Crippen MR) is 144 cm³/mol. The number of carbonyl (C=O) groups excluding carboxylic acids is 1. The Morgan fingerprint density at radius 2 is 1.74 bits per heavy atom. The second-order valence-corrected chi connectivity index (χ2v) is 9.32. The topological polar surface area (TPSA) is 72.2 Å². The summed E-state index contributed by atoms with van der Waals surface area (Å²) in [6, 6.07) is 25.0. The number of allylic oxidation sites excluding steroid dienone is 1. The number of benzene rings is 3. The van der Waals surface area contributed by atoms with E-state index in [2.05, 4.69) is 20.7 Å². The molecule has 0 bridgehead atoms. The second kappa shape index (κ2) is 11.8. The number of hydrazone groups is 1. The second-order valence-electron chi connectivity index (χ2n) is 7.51. The van der Waals surface area contributed by atoms with Crippen molar-refractivity contribution in [2.45, 2.75) is 12.1 Å². The van der Waals surface area contributed by atoms with Crippen LogP contribution in [0, 0.1) is 6.92 Å². The molecule has 6 nitrogen and oxygen atoms in total. The fourth-order valence-electron chi connectivity index (χ4n) is 3.15. The molecule has 0 saturated heterocycles. The van der Waals surface area contributed by atoms with E-state index in [0.29, 0.717) is 21.0 Å². The SMILES string of the molecule is Cc1ccc(-c2nnc(SCC(=O)NN=CC(Cl)=Cc3ccccc3)n2-c2ccc(Cl)cc2)cc1. The molecule has 0 aliphatic heterocycles. The summed E-state index contributed by atoms with van der Waals surface area (Å²) in [6.07, 6.45) is 3.15. The summed E-state index contributed by atoms with van der Waals surface area (Å²) in [5.41, 5.74) is 6.34. The zero-order chi connectivity index (χ0) is 24.6. The van der Waals surface area contributed by atoms with Crippen molar-refractivity contribution in [2.24, 2.45) is 5.10 Å². The molecule has 1 amide bonds. The molecule has 0 aliphatic carbocycles. The number of aromatic nitrogens is 3. The van der Waals surface area contributed by atoms with Crippen LogP contribution in [0.4, 0.5) is 0 Å². The average molecular weight is 522 g/mol. The smallest absolute Gasteiger partial charge is 0.250 e. The maximum absolute atomic E-state index is 12.4. The van der Waals surface area contributed by atoms with Gasteiger partial charge in [0.2, 0.25) is 0 Å². The summed E-state index contributed by atoms with van der Waals surface area (Å²) in [6.45, 7) is 2.03. The van der Waals surface area contributed by atoms with Gasteiger partial charge in [0, 0.05) is 16.3 Å². The average Bonchev–Trinajstić information content (AvgIpc) is 3.28. The molecule has 0 fully saturated rings. The van der Waals surface area contributed by atoms with Crippen molar-refractivity contribution >= 4 is 53.2 Å². The van der Waals surface area contributed by atoms with Crippen LogP contribution in [0.25, 0.3) is 23.2 Å². The van der Waals surface area contributed by atoms with Gasteiger partial charge >= 0.3 is 0 Å². The number of aryl methyl sites for hydroxylation is 1. The third kappa shape index (κ3) is 6.82. The summed E-state index contributed by atoms with van der Waals surface area (Å²) in [5.74, 6) is 0.473. The molecule has 4 aromatic rings. The van der Waals surface area contributed by atoms with Gasteiger partial charge < -0.3 is 0 Å². The van der Waals surface area contributed by atoms with Gasteiger partial charge in [-0.2, -0.15) is 5.10 Å². The number of hydrogen-bond donors (Lipinski definition) is 1. The van der Waals surface area contributed by atoms with Crippen LogP contribution in [0.3, 0.4) is 0 Å². The van der Waals surface area contributed by atoms with Crippen LogP contribution in [-0.4, -0.2) is 32.6 Å². The third-order valence-corrected chi connectivity index (χ3v) is 6.23. The normalized spacial score (nSPS) is 11.7. The number of nitrogens with zero attached hydrogens (tertiary/aromatic N) is 4. The minimum Gasteiger partial charge on any atom is -0.272 e. The van der Waals surface area contributed by atoms with Crippen LogP contribution >= 0.6 is 35.0 Å². The number of thioether (sulfide) groups is 1. The lowest BCUT2D eigenvalue weighted by atomic mass is 10.1. The molecule has 1 N–H and O–H groups in total. The lowest BCUT2D eigenvalue weighted by Gasteiger charge is -2.10. The molecular formula is C26H21Cl2N5OS. The summed E-state index contributed by atoms with van der Waals surface area (Å²) >= 11 is 13.5. The number of amides is 1. The molecule has 0 spiro atoms. The van der Waals surface area contributed by atoms with Crippen LogP contribution < -0.4 is 5.43 Å². The van der Waals surface area contributed by atoms with Gasteiger partial charge in [-0.1, -0.05) is 95.1 Å². The lowest BCUT2D eigenvalue weighted by Crippen LogP contribution is -2.19. The van der Waals surface area contributed by atoms with E-state index in [-0.39, 0.29) is 11.7 Å². The predicted octanol–water partition coefficient (Wildman–Crippen LogP) is 6.37. The quantitative estimate of drug-likeness (QED) is 0.166. The standard InChI is InChI=1S/C26H21Cl2N5OS/c1-18-7-9-20(10-8-18)25-31-32-26(33(25)23-13-11-21(27)12-14-23)35-17-24(34)30-29-16-22(28)15-19-5-3-2-4-6-19/h2-16H,17H2,1H3,(H,30,34). The van der Waals surface area contributed by atoms with E-state index in [1.165, 1.54) is 18.0 Å². The first-order chi connectivity index (χ1) is 17.0. The Hall–Kier alpha value is -3.39. The molecule has 9 heteroatoms. The van der Waals surface area contributed by atoms with Crippen molar-refractivity contribution in [3.05, 3.63) is 100 Å². The Kier molecular flexibility index (Phi) is 8.36. The van der Waals surface area contributed by atoms with E-state index in [1.807, 2.05) is 78.2 Å². The Bertz CT molecular complexity index is 1350. The third-order valence-electron chi connectivity index (χ3n) is 4.84. The van der Waals surface area contributed by atoms with E-state index in [0.717, 1.165) is 22.4 Å². The van der Waals surface area contributed by atoms with Crippen molar-refractivity contribution < 1.29 is 4.79 Å². The minimum atomic E-state index is -0.294. The molecule has 35 heavy (non-hydrogen) atoms. The molecule has 0 atom stereocenters. The Morgan fingerprint density at radius 3 is 2.46 bits per heavy atom. The molecule has 0 aliphatic rings. The van der Waals surface area contributed by atoms with Gasteiger partial charge in [0.25, 0.3) is 5.91 Å². The molecule has 1 heterocycles. The monoisotopic (exact) mass is 521 g/mol. The van der Waals surface area contributed by atoms with Crippen molar-refractivity contribution in [3.63, 3.8) is 0 Å². The first-order valence-electron chi connectivity index (χ1n) is 10.6. The van der Waals surface area contributed by atoms with E-state index < -0.39 is 0 Å². The van der Waals surface area contributed by atoms with E-state index in [4.69, 9.17) is 23.2 Å². The molecule has 0 saturated carbocycles. The Labute approximate surface area is 217 Å². The molecule has 176 valence electrons. The van der Waals surface area contributed by atoms with Crippen LogP contribution in [0.1, 0.15) is 11.1 Å². The first kappa shape index (κ1) is 24.7. The van der Waals surface area contributed by atoms with Crippen molar-refractivity contribution in [1.82, 2.24) is 20.2 Å². The van der Waals surface area contributed by atoms with Gasteiger partial charge in [-0.05, 0) is 42.8 Å². The van der Waals surface area contributed by atoms with Gasteiger partial charge in [-0.15, -0.1) is 10.2 Å². The lowest BCUT2D eigenvalue weighted by molar-refractivity contribution is -0.118. The number of carbonyl (C=O) groups is 1. The van der Waals surface area contributed by atoms with Crippen LogP contribution in [0.5, 0.6) is 0 Å². The highest BCUT2D eigenvalue weighted by Gasteiger charge is 2.17. The minimum absolute atomic E-state index is 0.0942. The summed E-state index contributed by atoms with van der Waals surface area (Å²) in [4.78, 5) is 12.4. The van der Waals surface area contributed by atoms with Crippen molar-refractivity contribution in [3.8, 4) is 17.1 Å². The number of nitrogens with one attached hydrogen (secondary N) is 1. The molecular weight excluding hydrogens is 501 g/mol. The Morgan fingerprint density at radius 1 is 1.03 bits per heavy atom. The maximum Gasteiger partial charge on any atom is 0.250 e. The zero-order valence-corrected chi connectivity index (χ0v) is 21.1. The number of hydrogen-bond acceptors (Lipinski definition) is 5. The van der Waals surface area contributed by atoms with Crippen molar-refractivity contribution in [2.75, 3.05) is 5.75 Å². The zero-order valence-electron chi connectivity index (χ0n) is 18.7. The summed E-state index contributed by atoms with van der Waals surface area (Å²) in [7, 11) is 0. The van der Waals surface area contributed by atoms with Gasteiger partial charge in [0.05, 0.1) is 17.0 Å². The van der Waals surface area contributed by atoms with Crippen LogP contribution in [0.15, 0.2) is 94.2 Å².